The van der Waals surface area contributed by atoms with E-state index in [0.717, 1.165) is 6.07 Å². The van der Waals surface area contributed by atoms with E-state index in [9.17, 15) is 4.39 Å². The Hall–Kier alpha value is -0.860. The van der Waals surface area contributed by atoms with Crippen molar-refractivity contribution in [1.29, 1.82) is 0 Å². The van der Waals surface area contributed by atoms with Crippen LogP contribution in [0.5, 0.6) is 0 Å². The zero-order valence-corrected chi connectivity index (χ0v) is 9.63. The molecule has 0 nitrogen and oxygen atoms in total. The van der Waals surface area contributed by atoms with Crippen molar-refractivity contribution in [2.45, 2.75) is 0 Å². The van der Waals surface area contributed by atoms with E-state index in [1.165, 1.54) is 6.07 Å². The van der Waals surface area contributed by atoms with Crippen LogP contribution < -0.4 is 0 Å². The number of halogens is 3. The molecule has 15 heavy (non-hydrogen) atoms. The molecule has 0 aliphatic carbocycles. The lowest BCUT2D eigenvalue weighted by Crippen LogP contribution is -1.86. The maximum absolute atomic E-state index is 14.0. The maximum atomic E-state index is 14.0. The van der Waals surface area contributed by atoms with Crippen molar-refractivity contribution in [1.82, 2.24) is 0 Å². The molecule has 0 unspecified atom stereocenters. The molecule has 0 spiro atoms. The highest BCUT2D eigenvalue weighted by atomic mass is 79.9. The average Bonchev–Trinajstić information content (AvgIpc) is 2.42. The average molecular weight is 291 g/mol. The van der Waals surface area contributed by atoms with Gasteiger partial charge in [0.15, 0.2) is 0 Å². The summed E-state index contributed by atoms with van der Waals surface area (Å²) in [6.07, 6.45) is 0. The maximum Gasteiger partial charge on any atom is 0.132 e. The molecular formula is C12H7BrClF. The molecule has 0 atom stereocenters. The second kappa shape index (κ2) is 4.33. The third-order valence-corrected chi connectivity index (χ3v) is 3.08. The molecule has 0 aromatic heterocycles. The van der Waals surface area contributed by atoms with Gasteiger partial charge in [0.25, 0.3) is 0 Å². The summed E-state index contributed by atoms with van der Waals surface area (Å²) in [7, 11) is 0. The van der Waals surface area contributed by atoms with E-state index in [-0.39, 0.29) is 16.1 Å². The summed E-state index contributed by atoms with van der Waals surface area (Å²) >= 11 is 9.12. The van der Waals surface area contributed by atoms with Crippen LogP contribution in [0, 0.1) is 5.82 Å². The Labute approximate surface area is 108 Å². The summed E-state index contributed by atoms with van der Waals surface area (Å²) < 4.78 is 52.7. The summed E-state index contributed by atoms with van der Waals surface area (Å²) in [4.78, 5) is 0. The van der Waals surface area contributed by atoms with Gasteiger partial charge in [-0.3, -0.25) is 0 Å². The molecule has 0 radical (unpaired) electrons. The third kappa shape index (κ3) is 2.06. The molecule has 0 aliphatic heterocycles. The molecular weight excluding hydrogens is 278 g/mol. The monoisotopic (exact) mass is 289 g/mol. The normalized spacial score (nSPS) is 15.0. The Morgan fingerprint density at radius 2 is 1.87 bits per heavy atom. The van der Waals surface area contributed by atoms with Crippen molar-refractivity contribution in [2.75, 3.05) is 0 Å². The van der Waals surface area contributed by atoms with Gasteiger partial charge >= 0.3 is 0 Å². The molecule has 2 rings (SSSR count). The molecule has 2 aromatic rings. The van der Waals surface area contributed by atoms with Crippen molar-refractivity contribution in [3.05, 3.63) is 57.7 Å². The van der Waals surface area contributed by atoms with Crippen molar-refractivity contribution in [3.8, 4) is 11.1 Å². The first-order valence-electron chi connectivity index (χ1n) is 6.48. The van der Waals surface area contributed by atoms with Crippen LogP contribution in [0.3, 0.4) is 0 Å². The summed E-state index contributed by atoms with van der Waals surface area (Å²) in [6.45, 7) is 0. The molecule has 0 saturated heterocycles. The summed E-state index contributed by atoms with van der Waals surface area (Å²) in [5.74, 6) is -0.753. The second-order valence-electron chi connectivity index (χ2n) is 2.72. The Morgan fingerprint density at radius 1 is 1.20 bits per heavy atom. The minimum Gasteiger partial charge on any atom is -0.206 e. The molecule has 0 fully saturated rings. The second-order valence-corrected chi connectivity index (χ2v) is 3.95. The van der Waals surface area contributed by atoms with Gasteiger partial charge in [0, 0.05) is 10.0 Å². The quantitative estimate of drug-likeness (QED) is 0.655. The van der Waals surface area contributed by atoms with Crippen LogP contribution in [0.2, 0.25) is 5.02 Å². The first kappa shape index (κ1) is 6.02. The lowest BCUT2D eigenvalue weighted by molar-refractivity contribution is 0.631. The van der Waals surface area contributed by atoms with E-state index < -0.39 is 36.0 Å². The number of hydrogen-bond donors (Lipinski definition) is 0. The van der Waals surface area contributed by atoms with E-state index in [0.29, 0.717) is 4.47 Å². The lowest BCUT2D eigenvalue weighted by atomic mass is 10.1. The fourth-order valence-electron chi connectivity index (χ4n) is 1.13. The Bertz CT molecular complexity index is 691. The molecule has 3 heteroatoms. The Morgan fingerprint density at radius 3 is 2.53 bits per heavy atom. The molecule has 76 valence electrons. The minimum absolute atomic E-state index is 0.0384. The van der Waals surface area contributed by atoms with Gasteiger partial charge in [0.1, 0.15) is 5.82 Å². The van der Waals surface area contributed by atoms with Crippen LogP contribution in [0.4, 0.5) is 4.39 Å². The number of hydrogen-bond acceptors (Lipinski definition) is 0. The zero-order chi connectivity index (χ0) is 15.2. The van der Waals surface area contributed by atoms with E-state index in [1.807, 2.05) is 0 Å². The molecule has 0 saturated carbocycles. The SMILES string of the molecule is [2H]c1c([2H])c([2H])c(-c2c(F)ccc(Br)c2Cl)c([2H])c1[2H]. The van der Waals surface area contributed by atoms with E-state index in [4.69, 9.17) is 18.5 Å². The van der Waals surface area contributed by atoms with Crippen molar-refractivity contribution in [3.63, 3.8) is 0 Å². The zero-order valence-electron chi connectivity index (χ0n) is 12.3. The summed E-state index contributed by atoms with van der Waals surface area (Å²) in [5.41, 5.74) is -0.460. The molecule has 0 heterocycles. The molecule has 0 bridgehead atoms. The molecule has 0 aliphatic rings. The molecule has 2 aromatic carbocycles. The Balaban J connectivity index is 2.95. The van der Waals surface area contributed by atoms with Gasteiger partial charge in [-0.05, 0) is 33.6 Å². The lowest BCUT2D eigenvalue weighted by Gasteiger charge is -2.07. The fraction of sp³-hybridized carbons (Fsp3) is 0. The molecule has 0 N–H and O–H groups in total. The summed E-state index contributed by atoms with van der Waals surface area (Å²) in [6, 6.07) is -0.0735. The van der Waals surface area contributed by atoms with Crippen LogP contribution in [0.15, 0.2) is 46.8 Å². The van der Waals surface area contributed by atoms with E-state index in [2.05, 4.69) is 15.9 Å². The topological polar surface area (TPSA) is 0 Å². The van der Waals surface area contributed by atoms with Gasteiger partial charge in [0.2, 0.25) is 0 Å². The predicted molar refractivity (Wildman–Crippen MR) is 64.5 cm³/mol. The summed E-state index contributed by atoms with van der Waals surface area (Å²) in [5, 5.41) is -0.0384. The van der Waals surface area contributed by atoms with E-state index >= 15 is 0 Å². The van der Waals surface area contributed by atoms with Crippen LogP contribution in [-0.2, 0) is 0 Å². The Kier molecular flexibility index (Phi) is 1.74. The van der Waals surface area contributed by atoms with Gasteiger partial charge in [-0.15, -0.1) is 0 Å². The van der Waals surface area contributed by atoms with Crippen molar-refractivity contribution in [2.24, 2.45) is 0 Å². The van der Waals surface area contributed by atoms with Crippen molar-refractivity contribution >= 4 is 27.5 Å². The number of benzene rings is 2. The largest absolute Gasteiger partial charge is 0.206 e. The minimum atomic E-state index is -0.753. The standard InChI is InChI=1S/C12H7BrClF/c13-9-6-7-10(15)11(12(9)14)8-4-2-1-3-5-8/h1-7H/i1D,2D,3D,4D,5D. The highest BCUT2D eigenvalue weighted by molar-refractivity contribution is 9.10. The predicted octanol–water partition coefficient (Wildman–Crippen LogP) is 4.91. The van der Waals surface area contributed by atoms with Gasteiger partial charge in [-0.25, -0.2) is 4.39 Å². The fourth-order valence-corrected chi connectivity index (χ4v) is 1.71. The number of rotatable bonds is 1. The smallest absolute Gasteiger partial charge is 0.132 e. The third-order valence-electron chi connectivity index (χ3n) is 1.79. The van der Waals surface area contributed by atoms with Crippen LogP contribution >= 0.6 is 27.5 Å². The first-order chi connectivity index (χ1) is 9.27. The first-order valence-corrected chi connectivity index (χ1v) is 5.15. The van der Waals surface area contributed by atoms with Gasteiger partial charge < -0.3 is 0 Å². The molecule has 0 amide bonds. The van der Waals surface area contributed by atoms with Crippen LogP contribution in [-0.4, -0.2) is 0 Å². The van der Waals surface area contributed by atoms with E-state index in [1.54, 1.807) is 0 Å². The van der Waals surface area contributed by atoms with Crippen LogP contribution in [0.1, 0.15) is 6.85 Å². The van der Waals surface area contributed by atoms with Gasteiger partial charge in [-0.2, -0.15) is 0 Å². The van der Waals surface area contributed by atoms with Crippen LogP contribution in [0.25, 0.3) is 11.1 Å². The van der Waals surface area contributed by atoms with Gasteiger partial charge in [0.05, 0.1) is 11.9 Å². The van der Waals surface area contributed by atoms with Gasteiger partial charge in [-0.1, -0.05) is 41.8 Å². The highest BCUT2D eigenvalue weighted by Gasteiger charge is 2.11. The van der Waals surface area contributed by atoms with Crippen molar-refractivity contribution < 1.29 is 11.2 Å². The highest BCUT2D eigenvalue weighted by Crippen LogP contribution is 2.35.